The van der Waals surface area contributed by atoms with E-state index in [0.29, 0.717) is 0 Å². The first-order valence-corrected chi connectivity index (χ1v) is 8.54. The Labute approximate surface area is 122 Å². The second-order valence-corrected chi connectivity index (χ2v) is 7.82. The van der Waals surface area contributed by atoms with Crippen molar-refractivity contribution in [3.05, 3.63) is 16.1 Å². The first kappa shape index (κ1) is 15.0. The van der Waals surface area contributed by atoms with Gasteiger partial charge in [0.2, 0.25) is 0 Å². The summed E-state index contributed by atoms with van der Waals surface area (Å²) in [5.41, 5.74) is 1.45. The third-order valence-corrected chi connectivity index (χ3v) is 5.04. The molecule has 2 unspecified atom stereocenters. The molecular formula is C16H28N2S. The lowest BCUT2D eigenvalue weighted by atomic mass is 9.72. The molecule has 0 bridgehead atoms. The number of aromatic nitrogens is 1. The van der Waals surface area contributed by atoms with Gasteiger partial charge in [-0.2, -0.15) is 0 Å². The van der Waals surface area contributed by atoms with E-state index in [4.69, 9.17) is 4.98 Å². The second-order valence-electron chi connectivity index (χ2n) is 6.88. The molecule has 1 fully saturated rings. The number of nitrogens with zero attached hydrogens (tertiary/aromatic N) is 1. The van der Waals surface area contributed by atoms with Gasteiger partial charge >= 0.3 is 0 Å². The monoisotopic (exact) mass is 280 g/mol. The Bertz CT molecular complexity index is 392. The van der Waals surface area contributed by atoms with Crippen molar-refractivity contribution in [3.63, 3.8) is 0 Å². The molecule has 1 saturated carbocycles. The SMILES string of the molecule is CCCNCC1CCC1Cc1nc(C(C)(C)C)cs1. The highest BCUT2D eigenvalue weighted by Crippen LogP contribution is 2.37. The van der Waals surface area contributed by atoms with Gasteiger partial charge in [0.1, 0.15) is 0 Å². The van der Waals surface area contributed by atoms with Crippen molar-refractivity contribution >= 4 is 11.3 Å². The largest absolute Gasteiger partial charge is 0.316 e. The lowest BCUT2D eigenvalue weighted by molar-refractivity contribution is 0.171. The van der Waals surface area contributed by atoms with Crippen LogP contribution in [0.1, 0.15) is 57.7 Å². The van der Waals surface area contributed by atoms with Gasteiger partial charge in [-0.15, -0.1) is 11.3 Å². The highest BCUT2D eigenvalue weighted by molar-refractivity contribution is 7.09. The van der Waals surface area contributed by atoms with Crippen LogP contribution in [0.5, 0.6) is 0 Å². The van der Waals surface area contributed by atoms with Crippen molar-refractivity contribution in [2.75, 3.05) is 13.1 Å². The van der Waals surface area contributed by atoms with E-state index < -0.39 is 0 Å². The van der Waals surface area contributed by atoms with Crippen LogP contribution in [0.15, 0.2) is 5.38 Å². The van der Waals surface area contributed by atoms with Crippen LogP contribution in [-0.2, 0) is 11.8 Å². The summed E-state index contributed by atoms with van der Waals surface area (Å²) in [5, 5.41) is 7.16. The van der Waals surface area contributed by atoms with E-state index in [1.165, 1.54) is 42.9 Å². The zero-order chi connectivity index (χ0) is 13.9. The number of thiazole rings is 1. The Morgan fingerprint density at radius 3 is 2.58 bits per heavy atom. The Morgan fingerprint density at radius 1 is 1.32 bits per heavy atom. The molecule has 1 heterocycles. The van der Waals surface area contributed by atoms with Crippen LogP contribution in [0, 0.1) is 11.8 Å². The minimum absolute atomic E-state index is 0.191. The van der Waals surface area contributed by atoms with Crippen LogP contribution in [0.3, 0.4) is 0 Å². The van der Waals surface area contributed by atoms with Gasteiger partial charge < -0.3 is 5.32 Å². The smallest absolute Gasteiger partial charge is 0.0931 e. The van der Waals surface area contributed by atoms with Crippen LogP contribution in [0.4, 0.5) is 0 Å². The van der Waals surface area contributed by atoms with Crippen LogP contribution in [0.25, 0.3) is 0 Å². The van der Waals surface area contributed by atoms with Gasteiger partial charge in [-0.05, 0) is 44.2 Å². The van der Waals surface area contributed by atoms with Crippen molar-refractivity contribution in [1.82, 2.24) is 10.3 Å². The summed E-state index contributed by atoms with van der Waals surface area (Å²) < 4.78 is 0. The van der Waals surface area contributed by atoms with E-state index in [9.17, 15) is 0 Å². The quantitative estimate of drug-likeness (QED) is 0.796. The first-order valence-electron chi connectivity index (χ1n) is 7.66. The van der Waals surface area contributed by atoms with Gasteiger partial charge in [-0.3, -0.25) is 0 Å². The average molecular weight is 280 g/mol. The molecule has 1 aromatic heterocycles. The number of hydrogen-bond donors (Lipinski definition) is 1. The maximum Gasteiger partial charge on any atom is 0.0931 e. The number of rotatable bonds is 6. The molecule has 108 valence electrons. The summed E-state index contributed by atoms with van der Waals surface area (Å²) in [6.45, 7) is 11.3. The third kappa shape index (κ3) is 4.03. The summed E-state index contributed by atoms with van der Waals surface area (Å²) in [7, 11) is 0. The first-order chi connectivity index (χ1) is 9.00. The van der Waals surface area contributed by atoms with Gasteiger partial charge in [-0.1, -0.05) is 27.7 Å². The van der Waals surface area contributed by atoms with Crippen molar-refractivity contribution in [1.29, 1.82) is 0 Å². The van der Waals surface area contributed by atoms with Crippen LogP contribution < -0.4 is 5.32 Å². The summed E-state index contributed by atoms with van der Waals surface area (Å²) in [6.07, 6.45) is 5.22. The molecule has 2 atom stereocenters. The van der Waals surface area contributed by atoms with Crippen molar-refractivity contribution in [2.45, 2.75) is 58.8 Å². The third-order valence-electron chi connectivity index (χ3n) is 4.17. The van der Waals surface area contributed by atoms with Gasteiger partial charge in [0.15, 0.2) is 0 Å². The fraction of sp³-hybridized carbons (Fsp3) is 0.812. The lowest BCUT2D eigenvalue weighted by Crippen LogP contribution is -2.36. The molecule has 0 radical (unpaired) electrons. The molecule has 1 N–H and O–H groups in total. The molecule has 1 aliphatic rings. The van der Waals surface area contributed by atoms with Crippen molar-refractivity contribution in [2.24, 2.45) is 11.8 Å². The molecule has 19 heavy (non-hydrogen) atoms. The Balaban J connectivity index is 1.83. The highest BCUT2D eigenvalue weighted by Gasteiger charge is 2.31. The highest BCUT2D eigenvalue weighted by atomic mass is 32.1. The summed E-state index contributed by atoms with van der Waals surface area (Å²) in [4.78, 5) is 4.83. The van der Waals surface area contributed by atoms with E-state index >= 15 is 0 Å². The number of nitrogens with one attached hydrogen (secondary N) is 1. The zero-order valence-electron chi connectivity index (χ0n) is 12.8. The summed E-state index contributed by atoms with van der Waals surface area (Å²) in [6, 6.07) is 0. The van der Waals surface area contributed by atoms with Crippen molar-refractivity contribution < 1.29 is 0 Å². The molecule has 0 amide bonds. The fourth-order valence-corrected chi connectivity index (χ4v) is 3.73. The van der Waals surface area contributed by atoms with E-state index in [1.54, 1.807) is 0 Å². The minimum Gasteiger partial charge on any atom is -0.316 e. The molecule has 2 rings (SSSR count). The predicted molar refractivity (Wildman–Crippen MR) is 83.9 cm³/mol. The topological polar surface area (TPSA) is 24.9 Å². The molecule has 0 aliphatic heterocycles. The average Bonchev–Trinajstić information content (AvgIpc) is 2.78. The molecule has 0 aromatic carbocycles. The van der Waals surface area contributed by atoms with Crippen LogP contribution in [-0.4, -0.2) is 18.1 Å². The maximum absolute atomic E-state index is 4.83. The Kier molecular flexibility index (Phi) is 5.02. The molecule has 3 heteroatoms. The van der Waals surface area contributed by atoms with Gasteiger partial charge in [0, 0.05) is 17.2 Å². The Morgan fingerprint density at radius 2 is 2.05 bits per heavy atom. The van der Waals surface area contributed by atoms with Crippen LogP contribution in [0.2, 0.25) is 0 Å². The molecular weight excluding hydrogens is 252 g/mol. The normalized spacial score (nSPS) is 23.4. The second kappa shape index (κ2) is 6.36. The zero-order valence-corrected chi connectivity index (χ0v) is 13.6. The number of hydrogen-bond acceptors (Lipinski definition) is 3. The van der Waals surface area contributed by atoms with E-state index in [-0.39, 0.29) is 5.41 Å². The maximum atomic E-state index is 4.83. The molecule has 1 aliphatic carbocycles. The van der Waals surface area contributed by atoms with Gasteiger partial charge in [-0.25, -0.2) is 4.98 Å². The molecule has 2 nitrogen and oxygen atoms in total. The summed E-state index contributed by atoms with van der Waals surface area (Å²) >= 11 is 1.85. The predicted octanol–water partition coefficient (Wildman–Crippen LogP) is 4.01. The van der Waals surface area contributed by atoms with E-state index in [2.05, 4.69) is 38.4 Å². The standard InChI is InChI=1S/C16H28N2S/c1-5-8-17-10-13-7-6-12(13)9-15-18-14(11-19-15)16(2,3)4/h11-13,17H,5-10H2,1-4H3. The fourth-order valence-electron chi connectivity index (χ4n) is 2.61. The van der Waals surface area contributed by atoms with E-state index in [0.717, 1.165) is 18.4 Å². The molecule has 1 aromatic rings. The van der Waals surface area contributed by atoms with Crippen LogP contribution >= 0.6 is 11.3 Å². The molecule has 0 saturated heterocycles. The molecule has 0 spiro atoms. The van der Waals surface area contributed by atoms with Gasteiger partial charge in [0.05, 0.1) is 10.7 Å². The Hall–Kier alpha value is -0.410. The van der Waals surface area contributed by atoms with Gasteiger partial charge in [0.25, 0.3) is 0 Å². The summed E-state index contributed by atoms with van der Waals surface area (Å²) in [5.74, 6) is 1.75. The minimum atomic E-state index is 0.191. The van der Waals surface area contributed by atoms with Crippen molar-refractivity contribution in [3.8, 4) is 0 Å². The van der Waals surface area contributed by atoms with E-state index in [1.807, 2.05) is 11.3 Å². The lowest BCUT2D eigenvalue weighted by Gasteiger charge is -2.36.